The predicted molar refractivity (Wildman–Crippen MR) is 101 cm³/mol. The maximum absolute atomic E-state index is 12.3. The first-order valence-corrected chi connectivity index (χ1v) is 7.71. The van der Waals surface area contributed by atoms with Gasteiger partial charge in [-0.2, -0.15) is 0 Å². The number of benzene rings is 1. The summed E-state index contributed by atoms with van der Waals surface area (Å²) in [7, 11) is 3.93. The Morgan fingerprint density at radius 3 is 1.56 bits per heavy atom. The molecule has 25 heavy (non-hydrogen) atoms. The van der Waals surface area contributed by atoms with Gasteiger partial charge in [0.15, 0.2) is 0 Å². The summed E-state index contributed by atoms with van der Waals surface area (Å²) < 4.78 is 0. The smallest absolute Gasteiger partial charge is 0.268 e. The molecule has 2 heterocycles. The molecule has 0 bridgehead atoms. The minimum atomic E-state index is -0.439. The molecule has 0 radical (unpaired) electrons. The van der Waals surface area contributed by atoms with Gasteiger partial charge in [0.25, 0.3) is 11.1 Å². The van der Waals surface area contributed by atoms with Gasteiger partial charge in [-0.25, -0.2) is 0 Å². The fourth-order valence-corrected chi connectivity index (χ4v) is 3.05. The van der Waals surface area contributed by atoms with Crippen molar-refractivity contribution in [2.24, 2.45) is 0 Å². The minimum absolute atomic E-state index is 0. The van der Waals surface area contributed by atoms with E-state index in [0.29, 0.717) is 11.1 Å². The molecular formula is C17H22ClN5O2. The monoisotopic (exact) mass is 363 g/mol. The van der Waals surface area contributed by atoms with Crippen LogP contribution in [0, 0.1) is 13.8 Å². The molecule has 0 fully saturated rings. The zero-order valence-corrected chi connectivity index (χ0v) is 15.4. The molecule has 0 saturated carbocycles. The molecule has 134 valence electrons. The lowest BCUT2D eigenvalue weighted by atomic mass is 9.85. The molecule has 4 N–H and O–H groups in total. The number of halogens is 1. The highest BCUT2D eigenvalue weighted by Gasteiger charge is 2.27. The quantitative estimate of drug-likeness (QED) is 0.570. The van der Waals surface area contributed by atoms with Crippen molar-refractivity contribution < 1.29 is 0 Å². The Kier molecular flexibility index (Phi) is 5.27. The van der Waals surface area contributed by atoms with Crippen molar-refractivity contribution in [1.29, 1.82) is 0 Å². The zero-order chi connectivity index (χ0) is 17.4. The number of hydrogen-bond acceptors (Lipinski definition) is 3. The standard InChI is InChI=1S/C17H21N5O2.ClH/c1-9-13(16(23)20-18-9)15(14-10(2)19-21-17(14)24)11-5-7-12(8-6-11)22(3)4;/h5-8,15H,1-4H3,(H2,18,20,23)(H2,19,21,24);1H. The summed E-state index contributed by atoms with van der Waals surface area (Å²) in [5.41, 5.74) is 4.08. The third-order valence-corrected chi connectivity index (χ3v) is 4.34. The lowest BCUT2D eigenvalue weighted by molar-refractivity contribution is 0.930. The minimum Gasteiger partial charge on any atom is -0.378 e. The van der Waals surface area contributed by atoms with Crippen LogP contribution in [0.25, 0.3) is 0 Å². The van der Waals surface area contributed by atoms with Crippen LogP contribution in [0.15, 0.2) is 33.9 Å². The highest BCUT2D eigenvalue weighted by atomic mass is 35.5. The van der Waals surface area contributed by atoms with E-state index in [4.69, 9.17) is 0 Å². The van der Waals surface area contributed by atoms with Crippen molar-refractivity contribution in [3.8, 4) is 0 Å². The number of hydrogen-bond donors (Lipinski definition) is 4. The van der Waals surface area contributed by atoms with Gasteiger partial charge in [0.05, 0.1) is 11.1 Å². The molecule has 3 aromatic rings. The van der Waals surface area contributed by atoms with Gasteiger partial charge in [-0.3, -0.25) is 19.8 Å². The molecule has 0 atom stereocenters. The van der Waals surface area contributed by atoms with Gasteiger partial charge in [-0.1, -0.05) is 12.1 Å². The van der Waals surface area contributed by atoms with E-state index in [2.05, 4.69) is 20.4 Å². The van der Waals surface area contributed by atoms with Crippen molar-refractivity contribution in [3.05, 3.63) is 73.1 Å². The first kappa shape index (κ1) is 18.7. The normalized spacial score (nSPS) is 10.8. The number of aromatic nitrogens is 4. The second kappa shape index (κ2) is 7.06. The van der Waals surface area contributed by atoms with Gasteiger partial charge in [-0.15, -0.1) is 12.4 Å². The summed E-state index contributed by atoms with van der Waals surface area (Å²) in [6.07, 6.45) is 0. The van der Waals surface area contributed by atoms with Crippen molar-refractivity contribution in [3.63, 3.8) is 0 Å². The van der Waals surface area contributed by atoms with Crippen LogP contribution in [0.1, 0.15) is 34.0 Å². The molecule has 0 unspecified atom stereocenters. The molecule has 0 saturated heterocycles. The largest absolute Gasteiger partial charge is 0.378 e. The number of aryl methyl sites for hydroxylation is 2. The lowest BCUT2D eigenvalue weighted by Crippen LogP contribution is -2.20. The molecule has 0 spiro atoms. The lowest BCUT2D eigenvalue weighted by Gasteiger charge is -2.18. The highest BCUT2D eigenvalue weighted by Crippen LogP contribution is 2.31. The fourth-order valence-electron chi connectivity index (χ4n) is 3.05. The Labute approximate surface area is 150 Å². The van der Waals surface area contributed by atoms with Crippen LogP contribution < -0.4 is 16.0 Å². The van der Waals surface area contributed by atoms with Crippen LogP contribution in [0.4, 0.5) is 5.69 Å². The highest BCUT2D eigenvalue weighted by molar-refractivity contribution is 5.85. The summed E-state index contributed by atoms with van der Waals surface area (Å²) in [4.78, 5) is 26.7. The van der Waals surface area contributed by atoms with Gasteiger partial charge in [0, 0.05) is 37.1 Å². The van der Waals surface area contributed by atoms with Crippen molar-refractivity contribution >= 4 is 18.1 Å². The molecule has 2 aromatic heterocycles. The third-order valence-electron chi connectivity index (χ3n) is 4.34. The molecular weight excluding hydrogens is 342 g/mol. The predicted octanol–water partition coefficient (Wildman–Crippen LogP) is 2.00. The molecule has 0 aliphatic carbocycles. The van der Waals surface area contributed by atoms with E-state index in [-0.39, 0.29) is 23.5 Å². The maximum atomic E-state index is 12.3. The number of anilines is 1. The fraction of sp³-hybridized carbons (Fsp3) is 0.294. The van der Waals surface area contributed by atoms with Gasteiger partial charge in [-0.05, 0) is 31.5 Å². The third kappa shape index (κ3) is 3.28. The summed E-state index contributed by atoms with van der Waals surface area (Å²) in [5.74, 6) is -0.439. The molecule has 8 heteroatoms. The number of H-pyrrole nitrogens is 4. The van der Waals surface area contributed by atoms with Crippen LogP contribution in [0.5, 0.6) is 0 Å². The van der Waals surface area contributed by atoms with Crippen LogP contribution in [-0.2, 0) is 0 Å². The number of nitrogens with zero attached hydrogens (tertiary/aromatic N) is 1. The summed E-state index contributed by atoms with van der Waals surface area (Å²) >= 11 is 0. The topological polar surface area (TPSA) is 101 Å². The van der Waals surface area contributed by atoms with Crippen LogP contribution in [0.3, 0.4) is 0 Å². The van der Waals surface area contributed by atoms with Crippen LogP contribution in [-0.4, -0.2) is 34.5 Å². The van der Waals surface area contributed by atoms with E-state index in [1.165, 1.54) is 0 Å². The molecule has 0 aliphatic rings. The Hall–Kier alpha value is -2.67. The second-order valence-electron chi connectivity index (χ2n) is 6.15. The van der Waals surface area contributed by atoms with Gasteiger partial charge in [0.2, 0.25) is 0 Å². The van der Waals surface area contributed by atoms with Crippen LogP contribution in [0.2, 0.25) is 0 Å². The van der Waals surface area contributed by atoms with Gasteiger partial charge >= 0.3 is 0 Å². The maximum Gasteiger partial charge on any atom is 0.268 e. The molecule has 1 aromatic carbocycles. The van der Waals surface area contributed by atoms with Gasteiger partial charge < -0.3 is 15.1 Å². The number of rotatable bonds is 4. The summed E-state index contributed by atoms with van der Waals surface area (Å²) in [6, 6.07) is 7.87. The van der Waals surface area contributed by atoms with Crippen molar-refractivity contribution in [2.45, 2.75) is 19.8 Å². The Morgan fingerprint density at radius 1 is 0.800 bits per heavy atom. The average molecular weight is 364 g/mol. The van der Waals surface area contributed by atoms with E-state index in [0.717, 1.165) is 22.6 Å². The van der Waals surface area contributed by atoms with E-state index >= 15 is 0 Å². The zero-order valence-electron chi connectivity index (χ0n) is 14.6. The Bertz CT molecular complexity index is 908. The average Bonchev–Trinajstić information content (AvgIpc) is 3.05. The summed E-state index contributed by atoms with van der Waals surface area (Å²) in [6.45, 7) is 3.65. The first-order valence-electron chi connectivity index (χ1n) is 7.71. The van der Waals surface area contributed by atoms with Crippen molar-refractivity contribution in [2.75, 3.05) is 19.0 Å². The molecule has 7 nitrogen and oxygen atoms in total. The Balaban J connectivity index is 0.00000225. The van der Waals surface area contributed by atoms with E-state index < -0.39 is 5.92 Å². The van der Waals surface area contributed by atoms with Gasteiger partial charge in [0.1, 0.15) is 0 Å². The Morgan fingerprint density at radius 2 is 1.24 bits per heavy atom. The first-order chi connectivity index (χ1) is 11.4. The molecule has 3 rings (SSSR count). The van der Waals surface area contributed by atoms with E-state index in [1.807, 2.05) is 57.1 Å². The SMILES string of the molecule is Cc1[nH][nH]c(=O)c1C(c1ccc(N(C)C)cc1)c1c(C)[nH][nH]c1=O.Cl. The van der Waals surface area contributed by atoms with E-state index in [9.17, 15) is 9.59 Å². The second-order valence-corrected chi connectivity index (χ2v) is 6.15. The number of aromatic amines is 4. The van der Waals surface area contributed by atoms with Crippen LogP contribution >= 0.6 is 12.4 Å². The molecule has 0 amide bonds. The van der Waals surface area contributed by atoms with Crippen molar-refractivity contribution in [1.82, 2.24) is 20.4 Å². The summed E-state index contributed by atoms with van der Waals surface area (Å²) in [5, 5.41) is 10.9. The molecule has 0 aliphatic heterocycles. The van der Waals surface area contributed by atoms with E-state index in [1.54, 1.807) is 0 Å². The number of nitrogens with one attached hydrogen (secondary N) is 4.